The highest BCUT2D eigenvalue weighted by atomic mass is 16.5. The maximum absolute atomic E-state index is 11.9. The Labute approximate surface area is 101 Å². The maximum Gasteiger partial charge on any atom is 0.251 e. The number of ether oxygens (including phenoxy) is 1. The Bertz CT molecular complexity index is 425. The van der Waals surface area contributed by atoms with E-state index in [-0.39, 0.29) is 18.0 Å². The zero-order chi connectivity index (χ0) is 12.4. The molecule has 0 atom stereocenters. The topological polar surface area (TPSA) is 64.3 Å². The van der Waals surface area contributed by atoms with Crippen molar-refractivity contribution in [1.82, 2.24) is 5.32 Å². The van der Waals surface area contributed by atoms with E-state index in [1.807, 2.05) is 19.1 Å². The molecule has 0 unspecified atom stereocenters. The first-order valence-electron chi connectivity index (χ1n) is 5.81. The predicted molar refractivity (Wildman–Crippen MR) is 66.2 cm³/mol. The van der Waals surface area contributed by atoms with Crippen molar-refractivity contribution >= 4 is 5.91 Å². The Kier molecular flexibility index (Phi) is 3.33. The Hall–Kier alpha value is -1.55. The molecule has 1 aromatic carbocycles. The van der Waals surface area contributed by atoms with Gasteiger partial charge in [-0.25, -0.2) is 0 Å². The van der Waals surface area contributed by atoms with Gasteiger partial charge < -0.3 is 15.8 Å². The predicted octanol–water partition coefficient (Wildman–Crippen LogP) is 1.22. The van der Waals surface area contributed by atoms with E-state index in [4.69, 9.17) is 10.5 Å². The van der Waals surface area contributed by atoms with Gasteiger partial charge in [0.05, 0.1) is 7.11 Å². The number of aryl methyl sites for hydroxylation is 1. The third-order valence-corrected chi connectivity index (χ3v) is 3.18. The second-order valence-corrected chi connectivity index (χ2v) is 4.59. The lowest BCUT2D eigenvalue weighted by Crippen LogP contribution is -2.50. The monoisotopic (exact) mass is 234 g/mol. The van der Waals surface area contributed by atoms with Crippen molar-refractivity contribution in [3.63, 3.8) is 0 Å². The van der Waals surface area contributed by atoms with E-state index in [2.05, 4.69) is 5.32 Å². The molecular formula is C13H18N2O2. The zero-order valence-corrected chi connectivity index (χ0v) is 10.2. The zero-order valence-electron chi connectivity index (χ0n) is 10.2. The van der Waals surface area contributed by atoms with E-state index in [9.17, 15) is 4.79 Å². The number of nitrogens with one attached hydrogen (secondary N) is 1. The summed E-state index contributed by atoms with van der Waals surface area (Å²) in [6, 6.07) is 5.94. The Balaban J connectivity index is 2.03. The average molecular weight is 234 g/mol. The van der Waals surface area contributed by atoms with Gasteiger partial charge in [-0.3, -0.25) is 4.79 Å². The minimum Gasteiger partial charge on any atom is -0.496 e. The molecule has 17 heavy (non-hydrogen) atoms. The van der Waals surface area contributed by atoms with Crippen LogP contribution < -0.4 is 15.8 Å². The number of amides is 1. The number of benzene rings is 1. The molecule has 3 N–H and O–H groups in total. The van der Waals surface area contributed by atoms with Crippen LogP contribution in [0.1, 0.15) is 28.8 Å². The summed E-state index contributed by atoms with van der Waals surface area (Å²) in [6.45, 7) is 1.95. The lowest BCUT2D eigenvalue weighted by molar-refractivity contribution is 0.0910. The van der Waals surface area contributed by atoms with Crippen LogP contribution in [0, 0.1) is 6.92 Å². The number of hydrogen-bond acceptors (Lipinski definition) is 3. The second-order valence-electron chi connectivity index (χ2n) is 4.59. The minimum absolute atomic E-state index is 0.0554. The van der Waals surface area contributed by atoms with Crippen molar-refractivity contribution < 1.29 is 9.53 Å². The number of hydrogen-bond donors (Lipinski definition) is 2. The van der Waals surface area contributed by atoms with E-state index < -0.39 is 0 Å². The van der Waals surface area contributed by atoms with Gasteiger partial charge in [-0.1, -0.05) is 6.07 Å². The van der Waals surface area contributed by atoms with Gasteiger partial charge in [0.15, 0.2) is 0 Å². The number of carbonyl (C=O) groups excluding carboxylic acids is 1. The van der Waals surface area contributed by atoms with Crippen LogP contribution in [0.2, 0.25) is 0 Å². The Morgan fingerprint density at radius 2 is 2.18 bits per heavy atom. The third-order valence-electron chi connectivity index (χ3n) is 3.18. The highest BCUT2D eigenvalue weighted by Crippen LogP contribution is 2.21. The summed E-state index contributed by atoms with van der Waals surface area (Å²) in [6.07, 6.45) is 1.74. The van der Waals surface area contributed by atoms with Crippen molar-refractivity contribution in [2.75, 3.05) is 7.11 Å². The van der Waals surface area contributed by atoms with Crippen LogP contribution in [0.4, 0.5) is 0 Å². The van der Waals surface area contributed by atoms with Gasteiger partial charge >= 0.3 is 0 Å². The molecule has 92 valence electrons. The van der Waals surface area contributed by atoms with E-state index in [1.54, 1.807) is 13.2 Å². The lowest BCUT2D eigenvalue weighted by atomic mass is 9.87. The first-order valence-corrected chi connectivity index (χ1v) is 5.81. The summed E-state index contributed by atoms with van der Waals surface area (Å²) in [5.41, 5.74) is 7.33. The Morgan fingerprint density at radius 3 is 2.76 bits per heavy atom. The lowest BCUT2D eigenvalue weighted by Gasteiger charge is -2.33. The highest BCUT2D eigenvalue weighted by molar-refractivity contribution is 5.95. The second kappa shape index (κ2) is 4.75. The molecule has 0 saturated heterocycles. The van der Waals surface area contributed by atoms with Crippen LogP contribution in [0.25, 0.3) is 0 Å². The molecule has 0 spiro atoms. The molecule has 1 aromatic rings. The fourth-order valence-corrected chi connectivity index (χ4v) is 2.01. The van der Waals surface area contributed by atoms with Crippen molar-refractivity contribution in [3.8, 4) is 5.75 Å². The van der Waals surface area contributed by atoms with E-state index in [0.29, 0.717) is 5.56 Å². The Morgan fingerprint density at radius 1 is 1.47 bits per heavy atom. The van der Waals surface area contributed by atoms with Crippen molar-refractivity contribution in [2.24, 2.45) is 5.73 Å². The quantitative estimate of drug-likeness (QED) is 0.826. The number of nitrogens with two attached hydrogens (primary N) is 1. The minimum atomic E-state index is -0.0554. The number of rotatable bonds is 3. The molecule has 0 bridgehead atoms. The smallest absolute Gasteiger partial charge is 0.251 e. The molecule has 1 aliphatic carbocycles. The number of carbonyl (C=O) groups is 1. The molecule has 1 saturated carbocycles. The van der Waals surface area contributed by atoms with Crippen molar-refractivity contribution in [1.29, 1.82) is 0 Å². The molecule has 0 aromatic heterocycles. The van der Waals surface area contributed by atoms with Gasteiger partial charge in [0.25, 0.3) is 5.91 Å². The average Bonchev–Trinajstić information content (AvgIpc) is 2.27. The summed E-state index contributed by atoms with van der Waals surface area (Å²) in [7, 11) is 1.61. The molecule has 4 nitrogen and oxygen atoms in total. The van der Waals surface area contributed by atoms with Gasteiger partial charge in [-0.05, 0) is 37.5 Å². The van der Waals surface area contributed by atoms with Gasteiger partial charge in [-0.15, -0.1) is 0 Å². The van der Waals surface area contributed by atoms with Gasteiger partial charge in [0.2, 0.25) is 0 Å². The first kappa shape index (κ1) is 11.9. The SMILES string of the molecule is COc1cc(C(=O)NC2CC(N)C2)ccc1C. The summed E-state index contributed by atoms with van der Waals surface area (Å²) in [5.74, 6) is 0.683. The molecule has 1 aliphatic rings. The standard InChI is InChI=1S/C13H18N2O2/c1-8-3-4-9(5-12(8)17-2)13(16)15-11-6-10(14)7-11/h3-5,10-11H,6-7,14H2,1-2H3,(H,15,16). The molecule has 2 rings (SSSR count). The van der Waals surface area contributed by atoms with E-state index in [1.165, 1.54) is 0 Å². The van der Waals surface area contributed by atoms with Gasteiger partial charge in [0.1, 0.15) is 5.75 Å². The fraction of sp³-hybridized carbons (Fsp3) is 0.462. The summed E-state index contributed by atoms with van der Waals surface area (Å²) in [5, 5.41) is 2.96. The molecule has 0 heterocycles. The molecule has 4 heteroatoms. The fourth-order valence-electron chi connectivity index (χ4n) is 2.01. The van der Waals surface area contributed by atoms with Crippen molar-refractivity contribution in [2.45, 2.75) is 31.8 Å². The van der Waals surface area contributed by atoms with Crippen LogP contribution in [0.15, 0.2) is 18.2 Å². The molecule has 0 radical (unpaired) electrons. The van der Waals surface area contributed by atoms with Crippen molar-refractivity contribution in [3.05, 3.63) is 29.3 Å². The van der Waals surface area contributed by atoms with Gasteiger partial charge in [0, 0.05) is 17.6 Å². The molecule has 0 aliphatic heterocycles. The maximum atomic E-state index is 11.9. The summed E-state index contributed by atoms with van der Waals surface area (Å²) in [4.78, 5) is 11.9. The third kappa shape index (κ3) is 2.58. The first-order chi connectivity index (χ1) is 8.10. The molecular weight excluding hydrogens is 216 g/mol. The van der Waals surface area contributed by atoms with Gasteiger partial charge in [-0.2, -0.15) is 0 Å². The van der Waals surface area contributed by atoms with E-state index >= 15 is 0 Å². The molecule has 1 fully saturated rings. The van der Waals surface area contributed by atoms with E-state index in [0.717, 1.165) is 24.2 Å². The highest BCUT2D eigenvalue weighted by Gasteiger charge is 2.27. The van der Waals surface area contributed by atoms with Crippen LogP contribution >= 0.6 is 0 Å². The normalized spacial score (nSPS) is 22.8. The van der Waals surface area contributed by atoms with Crippen LogP contribution in [-0.2, 0) is 0 Å². The van der Waals surface area contributed by atoms with Crippen LogP contribution in [0.3, 0.4) is 0 Å². The van der Waals surface area contributed by atoms with Crippen LogP contribution in [-0.4, -0.2) is 25.1 Å². The largest absolute Gasteiger partial charge is 0.496 e. The van der Waals surface area contributed by atoms with Crippen LogP contribution in [0.5, 0.6) is 5.75 Å². The molecule has 1 amide bonds. The summed E-state index contributed by atoms with van der Waals surface area (Å²) >= 11 is 0. The number of methoxy groups -OCH3 is 1. The summed E-state index contributed by atoms with van der Waals surface area (Å²) < 4.78 is 5.20.